The van der Waals surface area contributed by atoms with Gasteiger partial charge in [0.25, 0.3) is 0 Å². The van der Waals surface area contributed by atoms with Crippen molar-refractivity contribution in [1.82, 2.24) is 4.90 Å². The van der Waals surface area contributed by atoms with E-state index in [9.17, 15) is 4.79 Å². The van der Waals surface area contributed by atoms with Crippen molar-refractivity contribution >= 4 is 17.1 Å². The number of carbonyl (C=O) groups is 1. The molecule has 3 heterocycles. The summed E-state index contributed by atoms with van der Waals surface area (Å²) in [6.07, 6.45) is 0. The van der Waals surface area contributed by atoms with Crippen LogP contribution in [0.1, 0.15) is 10.4 Å². The lowest BCUT2D eigenvalue weighted by molar-refractivity contribution is 0.0196. The van der Waals surface area contributed by atoms with Crippen molar-refractivity contribution < 1.29 is 18.7 Å². The van der Waals surface area contributed by atoms with Gasteiger partial charge in [0.05, 0.1) is 13.2 Å². The molecule has 0 aromatic carbocycles. The number of ether oxygens (including phenoxy) is 2. The fourth-order valence-corrected chi connectivity index (χ4v) is 2.12. The van der Waals surface area contributed by atoms with Crippen molar-refractivity contribution in [1.29, 1.82) is 0 Å². The van der Waals surface area contributed by atoms with Crippen LogP contribution in [0.5, 0.6) is 0 Å². The molecule has 0 spiro atoms. The van der Waals surface area contributed by atoms with Gasteiger partial charge in [0.2, 0.25) is 0 Å². The molecule has 0 atom stereocenters. The Bertz CT molecular complexity index is 515. The zero-order valence-electron chi connectivity index (χ0n) is 10.1. The van der Waals surface area contributed by atoms with Crippen LogP contribution in [-0.2, 0) is 9.47 Å². The van der Waals surface area contributed by atoms with E-state index >= 15 is 0 Å². The zero-order valence-corrected chi connectivity index (χ0v) is 10.1. The molecule has 3 rings (SSSR count). The number of morpholine rings is 1. The van der Waals surface area contributed by atoms with Gasteiger partial charge in [0.15, 0.2) is 0 Å². The molecule has 18 heavy (non-hydrogen) atoms. The van der Waals surface area contributed by atoms with Gasteiger partial charge in [-0.1, -0.05) is 0 Å². The summed E-state index contributed by atoms with van der Waals surface area (Å²) < 4.78 is 15.8. The molecule has 96 valence electrons. The van der Waals surface area contributed by atoms with E-state index in [1.807, 2.05) is 6.07 Å². The van der Waals surface area contributed by atoms with Crippen LogP contribution in [0.15, 0.2) is 22.6 Å². The van der Waals surface area contributed by atoms with Crippen LogP contribution < -0.4 is 0 Å². The second kappa shape index (κ2) is 4.96. The van der Waals surface area contributed by atoms with Crippen molar-refractivity contribution in [3.05, 3.63) is 23.8 Å². The Labute approximate surface area is 105 Å². The van der Waals surface area contributed by atoms with E-state index in [4.69, 9.17) is 13.9 Å². The van der Waals surface area contributed by atoms with Crippen LogP contribution in [0.4, 0.5) is 0 Å². The second-order valence-electron chi connectivity index (χ2n) is 4.35. The van der Waals surface area contributed by atoms with E-state index in [1.165, 1.54) is 0 Å². The van der Waals surface area contributed by atoms with E-state index in [2.05, 4.69) is 4.90 Å². The van der Waals surface area contributed by atoms with Crippen LogP contribution in [0.25, 0.3) is 11.2 Å². The van der Waals surface area contributed by atoms with Gasteiger partial charge in [-0.25, -0.2) is 4.79 Å². The van der Waals surface area contributed by atoms with Crippen LogP contribution >= 0.6 is 0 Å². The highest BCUT2D eigenvalue weighted by Crippen LogP contribution is 2.22. The molecule has 1 aliphatic rings. The number of benzene rings is 1. The predicted molar refractivity (Wildman–Crippen MR) is 64.9 cm³/mol. The van der Waals surface area contributed by atoms with Crippen molar-refractivity contribution in [2.24, 2.45) is 0 Å². The standard InChI is InChI=1S/C13H15NO4/c15-13(11-9-10-1-2-12(11)18-10)17-8-5-14-3-6-16-7-4-14/h1-2,9H,3-8H2. The molecule has 5 nitrogen and oxygen atoms in total. The summed E-state index contributed by atoms with van der Waals surface area (Å²) in [6.45, 7) is 4.48. The number of hydrogen-bond donors (Lipinski definition) is 0. The van der Waals surface area contributed by atoms with Gasteiger partial charge in [-0.05, 0) is 18.2 Å². The molecule has 1 fully saturated rings. The average Bonchev–Trinajstić information content (AvgIpc) is 3.02. The number of hydrogen-bond acceptors (Lipinski definition) is 5. The number of esters is 1. The highest BCUT2D eigenvalue weighted by Gasteiger charge is 2.17. The minimum atomic E-state index is -0.308. The maximum Gasteiger partial charge on any atom is 0.342 e. The average molecular weight is 249 g/mol. The number of fused-ring (bicyclic) bond motifs is 2. The Balaban J connectivity index is 1.48. The lowest BCUT2D eigenvalue weighted by Crippen LogP contribution is -2.38. The fourth-order valence-electron chi connectivity index (χ4n) is 2.12. The summed E-state index contributed by atoms with van der Waals surface area (Å²) >= 11 is 0. The molecule has 0 unspecified atom stereocenters. The third-order valence-corrected chi connectivity index (χ3v) is 3.14. The Kier molecular flexibility index (Phi) is 3.17. The molecule has 0 aliphatic carbocycles. The molecule has 1 aliphatic heterocycles. The van der Waals surface area contributed by atoms with Gasteiger partial charge in [-0.2, -0.15) is 0 Å². The van der Waals surface area contributed by atoms with Crippen molar-refractivity contribution in [3.63, 3.8) is 0 Å². The largest absolute Gasteiger partial charge is 0.461 e. The molecule has 5 heteroatoms. The predicted octanol–water partition coefficient (Wildman–Crippen LogP) is 1.36. The summed E-state index contributed by atoms with van der Waals surface area (Å²) in [4.78, 5) is 14.0. The first kappa shape index (κ1) is 11.5. The first-order chi connectivity index (χ1) is 8.83. The molecule has 2 bridgehead atoms. The molecule has 2 aromatic heterocycles. The van der Waals surface area contributed by atoms with Gasteiger partial charge in [0, 0.05) is 19.6 Å². The molecule has 2 aromatic rings. The van der Waals surface area contributed by atoms with Crippen molar-refractivity contribution in [2.45, 2.75) is 0 Å². The minimum Gasteiger partial charge on any atom is -0.461 e. The van der Waals surface area contributed by atoms with Gasteiger partial charge in [-0.15, -0.1) is 0 Å². The van der Waals surface area contributed by atoms with Crippen molar-refractivity contribution in [2.75, 3.05) is 39.5 Å². The highest BCUT2D eigenvalue weighted by molar-refractivity contribution is 5.99. The lowest BCUT2D eigenvalue weighted by atomic mass is 10.2. The third-order valence-electron chi connectivity index (χ3n) is 3.14. The maximum absolute atomic E-state index is 11.8. The van der Waals surface area contributed by atoms with E-state index in [0.29, 0.717) is 23.3 Å². The molecule has 0 saturated carbocycles. The quantitative estimate of drug-likeness (QED) is 0.766. The number of furan rings is 2. The topological polar surface area (TPSA) is 51.9 Å². The maximum atomic E-state index is 11.8. The van der Waals surface area contributed by atoms with Gasteiger partial charge >= 0.3 is 5.97 Å². The second-order valence-corrected chi connectivity index (χ2v) is 4.35. The van der Waals surface area contributed by atoms with Gasteiger partial charge < -0.3 is 13.9 Å². The summed E-state index contributed by atoms with van der Waals surface area (Å²) in [5.41, 5.74) is 1.83. The Morgan fingerprint density at radius 3 is 2.83 bits per heavy atom. The van der Waals surface area contributed by atoms with Crippen molar-refractivity contribution in [3.8, 4) is 0 Å². The van der Waals surface area contributed by atoms with E-state index in [-0.39, 0.29) is 5.97 Å². The van der Waals surface area contributed by atoms with Gasteiger partial charge in [-0.3, -0.25) is 4.90 Å². The summed E-state index contributed by atoms with van der Waals surface area (Å²) in [6, 6.07) is 5.33. The van der Waals surface area contributed by atoms with Crippen LogP contribution in [0.3, 0.4) is 0 Å². The van der Waals surface area contributed by atoms with E-state index in [0.717, 1.165) is 32.8 Å². The highest BCUT2D eigenvalue weighted by atomic mass is 16.5. The molecule has 0 radical (unpaired) electrons. The fraction of sp³-hybridized carbons (Fsp3) is 0.462. The molecule has 1 saturated heterocycles. The third kappa shape index (κ3) is 2.32. The van der Waals surface area contributed by atoms with Crippen LogP contribution in [0, 0.1) is 0 Å². The summed E-state index contributed by atoms with van der Waals surface area (Å²) in [7, 11) is 0. The number of rotatable bonds is 4. The summed E-state index contributed by atoms with van der Waals surface area (Å²) in [5, 5.41) is 0. The monoisotopic (exact) mass is 249 g/mol. The first-order valence-electron chi connectivity index (χ1n) is 6.12. The minimum absolute atomic E-state index is 0.308. The number of nitrogens with zero attached hydrogens (tertiary/aromatic N) is 1. The first-order valence-corrected chi connectivity index (χ1v) is 6.12. The van der Waals surface area contributed by atoms with Crippen LogP contribution in [0.2, 0.25) is 0 Å². The molecule has 0 N–H and O–H groups in total. The Hall–Kier alpha value is -1.59. The Morgan fingerprint density at radius 2 is 2.17 bits per heavy atom. The summed E-state index contributed by atoms with van der Waals surface area (Å²) in [5.74, 6) is -0.308. The molecular weight excluding hydrogens is 234 g/mol. The normalized spacial score (nSPS) is 17.3. The lowest BCUT2D eigenvalue weighted by Gasteiger charge is -2.26. The molecular formula is C13H15NO4. The smallest absolute Gasteiger partial charge is 0.342 e. The molecule has 0 amide bonds. The zero-order chi connectivity index (χ0) is 12.4. The van der Waals surface area contributed by atoms with Crippen LogP contribution in [-0.4, -0.2) is 50.3 Å². The Morgan fingerprint density at radius 1 is 1.33 bits per heavy atom. The number of carbonyl (C=O) groups excluding carboxylic acids is 1. The van der Waals surface area contributed by atoms with E-state index in [1.54, 1.807) is 12.1 Å². The van der Waals surface area contributed by atoms with Gasteiger partial charge in [0.1, 0.15) is 23.3 Å². The SMILES string of the molecule is O=C(OCCN1CCOCC1)c1cc2ccc1o2. The van der Waals surface area contributed by atoms with E-state index < -0.39 is 0 Å².